The maximum absolute atomic E-state index is 12.4. The number of likely N-dealkylation sites (N-methyl/N-ethyl adjacent to an activating group) is 1. The Balaban J connectivity index is 1.55. The number of nitrogens with zero attached hydrogens (tertiary/aromatic N) is 1. The molecule has 1 atom stereocenters. The molecule has 7 heteroatoms. The fourth-order valence-corrected chi connectivity index (χ4v) is 4.58. The van der Waals surface area contributed by atoms with Gasteiger partial charge in [-0.3, -0.25) is 4.79 Å². The molecule has 1 aromatic carbocycles. The number of anilines is 1. The van der Waals surface area contributed by atoms with E-state index in [0.29, 0.717) is 23.8 Å². The average Bonchev–Trinajstić information content (AvgIpc) is 3.37. The number of rotatable bonds is 7. The molecule has 1 aliphatic rings. The van der Waals surface area contributed by atoms with Crippen LogP contribution >= 0.6 is 11.3 Å². The van der Waals surface area contributed by atoms with Crippen LogP contribution < -0.4 is 16.0 Å². The van der Waals surface area contributed by atoms with E-state index in [9.17, 15) is 9.59 Å². The number of nitrogens with one attached hydrogen (secondary N) is 3. The Morgan fingerprint density at radius 1 is 1.21 bits per heavy atom. The summed E-state index contributed by atoms with van der Waals surface area (Å²) < 4.78 is 0. The number of hydrogen-bond acceptors (Lipinski definition) is 4. The zero-order chi connectivity index (χ0) is 20.8. The predicted molar refractivity (Wildman–Crippen MR) is 119 cm³/mol. The van der Waals surface area contributed by atoms with Crippen molar-refractivity contribution in [2.24, 2.45) is 0 Å². The van der Waals surface area contributed by atoms with Gasteiger partial charge in [0.2, 0.25) is 0 Å². The molecule has 3 rings (SSSR count). The lowest BCUT2D eigenvalue weighted by Crippen LogP contribution is -2.36. The first-order chi connectivity index (χ1) is 13.9. The second-order valence-corrected chi connectivity index (χ2v) is 8.79. The largest absolute Gasteiger partial charge is 0.349 e. The lowest BCUT2D eigenvalue weighted by molar-refractivity contribution is 0.0938. The van der Waals surface area contributed by atoms with Crippen LogP contribution in [0.1, 0.15) is 52.5 Å². The SMILES string of the molecule is Cc1cc(C(=O)NC2CCCC2)ccc1NC(=O)NCC(c1cccs1)N(C)C. The molecule has 0 saturated heterocycles. The Labute approximate surface area is 176 Å². The van der Waals surface area contributed by atoms with Crippen molar-refractivity contribution in [2.75, 3.05) is 26.0 Å². The minimum atomic E-state index is -0.250. The van der Waals surface area contributed by atoms with E-state index in [1.54, 1.807) is 23.5 Å². The first-order valence-corrected chi connectivity index (χ1v) is 11.0. The van der Waals surface area contributed by atoms with Crippen LogP contribution in [-0.2, 0) is 0 Å². The zero-order valence-corrected chi connectivity index (χ0v) is 18.1. The predicted octanol–water partition coefficient (Wildman–Crippen LogP) is 4.15. The number of hydrogen-bond donors (Lipinski definition) is 3. The van der Waals surface area contributed by atoms with E-state index >= 15 is 0 Å². The van der Waals surface area contributed by atoms with Crippen molar-refractivity contribution in [3.05, 3.63) is 51.7 Å². The number of amides is 3. The molecule has 1 saturated carbocycles. The topological polar surface area (TPSA) is 73.5 Å². The molecule has 1 heterocycles. The van der Waals surface area contributed by atoms with Gasteiger partial charge < -0.3 is 20.9 Å². The maximum Gasteiger partial charge on any atom is 0.319 e. The molecule has 1 aliphatic carbocycles. The lowest BCUT2D eigenvalue weighted by Gasteiger charge is -2.23. The summed E-state index contributed by atoms with van der Waals surface area (Å²) in [6.07, 6.45) is 4.49. The van der Waals surface area contributed by atoms with Gasteiger partial charge in [-0.25, -0.2) is 4.79 Å². The molecular weight excluding hydrogens is 384 g/mol. The summed E-state index contributed by atoms with van der Waals surface area (Å²) >= 11 is 1.68. The zero-order valence-electron chi connectivity index (χ0n) is 17.3. The molecule has 0 radical (unpaired) electrons. The minimum absolute atomic E-state index is 0.0409. The highest BCUT2D eigenvalue weighted by Gasteiger charge is 2.19. The van der Waals surface area contributed by atoms with E-state index in [1.807, 2.05) is 38.5 Å². The second-order valence-electron chi connectivity index (χ2n) is 7.81. The number of aryl methyl sites for hydroxylation is 1. The van der Waals surface area contributed by atoms with Gasteiger partial charge in [-0.15, -0.1) is 11.3 Å². The summed E-state index contributed by atoms with van der Waals surface area (Å²) in [5, 5.41) is 11.0. The first kappa shape index (κ1) is 21.3. The summed E-state index contributed by atoms with van der Waals surface area (Å²) in [5.74, 6) is -0.0409. The van der Waals surface area contributed by atoms with Gasteiger partial charge in [0, 0.05) is 28.7 Å². The summed E-state index contributed by atoms with van der Waals surface area (Å²) in [7, 11) is 4.01. The Kier molecular flexibility index (Phi) is 7.28. The third kappa shape index (κ3) is 5.81. The smallest absolute Gasteiger partial charge is 0.319 e. The fraction of sp³-hybridized carbons (Fsp3) is 0.455. The number of benzene rings is 1. The second kappa shape index (κ2) is 9.89. The number of carbonyl (C=O) groups excluding carboxylic acids is 2. The van der Waals surface area contributed by atoms with Gasteiger partial charge in [0.15, 0.2) is 0 Å². The Morgan fingerprint density at radius 3 is 2.59 bits per heavy atom. The number of urea groups is 1. The highest BCUT2D eigenvalue weighted by atomic mass is 32.1. The molecular formula is C22H30N4O2S. The Hall–Kier alpha value is -2.38. The molecule has 3 amide bonds. The van der Waals surface area contributed by atoms with Crippen LogP contribution in [0.5, 0.6) is 0 Å². The standard InChI is InChI=1S/C22H30N4O2S/c1-15-13-16(21(27)24-17-7-4-5-8-17)10-11-18(15)25-22(28)23-14-19(26(2)3)20-9-6-12-29-20/h6,9-13,17,19H,4-5,7-8,14H2,1-3H3,(H,24,27)(H2,23,25,28). The molecule has 0 bridgehead atoms. The van der Waals surface area contributed by atoms with Gasteiger partial charge in [-0.1, -0.05) is 18.9 Å². The summed E-state index contributed by atoms with van der Waals surface area (Å²) in [4.78, 5) is 28.1. The molecule has 2 aromatic rings. The van der Waals surface area contributed by atoms with Crippen LogP contribution in [0, 0.1) is 6.92 Å². The molecule has 0 spiro atoms. The highest BCUT2D eigenvalue weighted by molar-refractivity contribution is 7.10. The summed E-state index contributed by atoms with van der Waals surface area (Å²) in [6, 6.07) is 9.65. The van der Waals surface area contributed by atoms with E-state index in [2.05, 4.69) is 26.9 Å². The lowest BCUT2D eigenvalue weighted by atomic mass is 10.1. The maximum atomic E-state index is 12.4. The Morgan fingerprint density at radius 2 is 1.97 bits per heavy atom. The van der Waals surface area contributed by atoms with Crippen LogP contribution in [-0.4, -0.2) is 43.5 Å². The van der Waals surface area contributed by atoms with Crippen molar-refractivity contribution in [3.8, 4) is 0 Å². The van der Waals surface area contributed by atoms with E-state index in [0.717, 1.165) is 18.4 Å². The third-order valence-electron chi connectivity index (χ3n) is 5.38. The van der Waals surface area contributed by atoms with E-state index in [-0.39, 0.29) is 18.0 Å². The Bertz CT molecular complexity index is 829. The normalized spacial score (nSPS) is 15.3. The van der Waals surface area contributed by atoms with Crippen molar-refractivity contribution < 1.29 is 9.59 Å². The molecule has 1 fully saturated rings. The van der Waals surface area contributed by atoms with Gasteiger partial charge in [-0.05, 0) is 69.1 Å². The van der Waals surface area contributed by atoms with Crippen molar-refractivity contribution >= 4 is 29.0 Å². The van der Waals surface area contributed by atoms with Gasteiger partial charge in [0.1, 0.15) is 0 Å². The molecule has 0 aliphatic heterocycles. The van der Waals surface area contributed by atoms with Crippen LogP contribution in [0.25, 0.3) is 0 Å². The summed E-state index contributed by atoms with van der Waals surface area (Å²) in [6.45, 7) is 2.41. The monoisotopic (exact) mass is 414 g/mol. The third-order valence-corrected chi connectivity index (χ3v) is 6.35. The van der Waals surface area contributed by atoms with E-state index in [4.69, 9.17) is 0 Å². The van der Waals surface area contributed by atoms with Crippen LogP contribution in [0.2, 0.25) is 0 Å². The summed E-state index contributed by atoms with van der Waals surface area (Å²) in [5.41, 5.74) is 2.20. The number of thiophene rings is 1. The molecule has 1 aromatic heterocycles. The highest BCUT2D eigenvalue weighted by Crippen LogP contribution is 2.23. The first-order valence-electron chi connectivity index (χ1n) is 10.1. The van der Waals surface area contributed by atoms with Crippen molar-refractivity contribution in [1.29, 1.82) is 0 Å². The van der Waals surface area contributed by atoms with E-state index in [1.165, 1.54) is 17.7 Å². The molecule has 6 nitrogen and oxygen atoms in total. The van der Waals surface area contributed by atoms with Gasteiger partial charge in [0.05, 0.1) is 6.04 Å². The average molecular weight is 415 g/mol. The van der Waals surface area contributed by atoms with Crippen LogP contribution in [0.3, 0.4) is 0 Å². The van der Waals surface area contributed by atoms with Crippen LogP contribution in [0.15, 0.2) is 35.7 Å². The molecule has 3 N–H and O–H groups in total. The van der Waals surface area contributed by atoms with Gasteiger partial charge in [-0.2, -0.15) is 0 Å². The van der Waals surface area contributed by atoms with Gasteiger partial charge in [0.25, 0.3) is 5.91 Å². The van der Waals surface area contributed by atoms with E-state index < -0.39 is 0 Å². The minimum Gasteiger partial charge on any atom is -0.349 e. The molecule has 156 valence electrons. The number of carbonyl (C=O) groups is 2. The van der Waals surface area contributed by atoms with Crippen LogP contribution in [0.4, 0.5) is 10.5 Å². The molecule has 29 heavy (non-hydrogen) atoms. The molecule has 1 unspecified atom stereocenters. The fourth-order valence-electron chi connectivity index (χ4n) is 3.66. The quantitative estimate of drug-likeness (QED) is 0.637. The van der Waals surface area contributed by atoms with Crippen molar-refractivity contribution in [3.63, 3.8) is 0 Å². The van der Waals surface area contributed by atoms with Gasteiger partial charge >= 0.3 is 6.03 Å². The van der Waals surface area contributed by atoms with Crippen molar-refractivity contribution in [2.45, 2.75) is 44.7 Å². The van der Waals surface area contributed by atoms with Crippen molar-refractivity contribution in [1.82, 2.24) is 15.5 Å².